The van der Waals surface area contributed by atoms with Gasteiger partial charge in [0.1, 0.15) is 0 Å². The van der Waals surface area contributed by atoms with Crippen molar-refractivity contribution in [1.82, 2.24) is 15.1 Å². The fraction of sp³-hybridized carbons (Fsp3) is 0.786. The van der Waals surface area contributed by atoms with Crippen molar-refractivity contribution >= 4 is 0 Å². The third-order valence-corrected chi connectivity index (χ3v) is 3.45. The lowest BCUT2D eigenvalue weighted by molar-refractivity contribution is 0.101. The third kappa shape index (κ3) is 3.33. The van der Waals surface area contributed by atoms with Crippen molar-refractivity contribution in [2.45, 2.75) is 52.7 Å². The zero-order chi connectivity index (χ0) is 13.2. The molecule has 0 saturated carbocycles. The molecule has 1 fully saturated rings. The van der Waals surface area contributed by atoms with Gasteiger partial charge in [-0.3, -0.25) is 10.00 Å². The lowest BCUT2D eigenvalue weighted by Gasteiger charge is -2.38. The summed E-state index contributed by atoms with van der Waals surface area (Å²) in [5, 5.41) is 16.4. The van der Waals surface area contributed by atoms with Crippen molar-refractivity contribution < 1.29 is 5.11 Å². The van der Waals surface area contributed by atoms with Gasteiger partial charge in [-0.1, -0.05) is 27.2 Å². The number of hydrogen-bond donors (Lipinski definition) is 2. The summed E-state index contributed by atoms with van der Waals surface area (Å²) in [4.78, 5) is 2.54. The summed E-state index contributed by atoms with van der Waals surface area (Å²) in [5.74, 6) is 0. The number of hydrogen-bond acceptors (Lipinski definition) is 3. The summed E-state index contributed by atoms with van der Waals surface area (Å²) in [6.07, 6.45) is 3.72. The van der Waals surface area contributed by atoms with E-state index in [0.717, 1.165) is 24.5 Å². The molecule has 2 rings (SSSR count). The maximum Gasteiger partial charge on any atom is 0.0847 e. The monoisotopic (exact) mass is 251 g/mol. The van der Waals surface area contributed by atoms with Crippen LogP contribution in [0.2, 0.25) is 0 Å². The molecule has 2 N–H and O–H groups in total. The standard InChI is InChI=1S/C14H25N3O/c1-14(2,3)10-17-7-5-4-6-13(17)12-8-11(9-18)15-16-12/h8,13,18H,4-7,9-10H2,1-3H3,(H,15,16). The predicted molar refractivity (Wildman–Crippen MR) is 72.1 cm³/mol. The molecule has 0 bridgehead atoms. The SMILES string of the molecule is CC(C)(C)CN1CCCCC1c1cc(CO)[nH]n1. The van der Waals surface area contributed by atoms with Crippen molar-refractivity contribution in [3.05, 3.63) is 17.5 Å². The van der Waals surface area contributed by atoms with Gasteiger partial charge in [-0.05, 0) is 30.9 Å². The quantitative estimate of drug-likeness (QED) is 0.867. The van der Waals surface area contributed by atoms with Gasteiger partial charge in [0.05, 0.1) is 24.0 Å². The molecule has 1 aromatic rings. The predicted octanol–water partition coefficient (Wildman–Crippen LogP) is 2.48. The lowest BCUT2D eigenvalue weighted by atomic mass is 9.91. The fourth-order valence-electron chi connectivity index (χ4n) is 2.76. The minimum atomic E-state index is 0.0407. The first-order valence-corrected chi connectivity index (χ1v) is 6.89. The van der Waals surface area contributed by atoms with Gasteiger partial charge in [-0.25, -0.2) is 0 Å². The average Bonchev–Trinajstić information content (AvgIpc) is 2.76. The normalized spacial score (nSPS) is 22.3. The zero-order valence-electron chi connectivity index (χ0n) is 11.7. The van der Waals surface area contributed by atoms with E-state index in [2.05, 4.69) is 35.9 Å². The summed E-state index contributed by atoms with van der Waals surface area (Å²) in [7, 11) is 0. The number of nitrogens with one attached hydrogen (secondary N) is 1. The summed E-state index contributed by atoms with van der Waals surface area (Å²) < 4.78 is 0. The van der Waals surface area contributed by atoms with E-state index in [1.54, 1.807) is 0 Å². The van der Waals surface area contributed by atoms with Crippen molar-refractivity contribution in [2.24, 2.45) is 5.41 Å². The molecular weight excluding hydrogens is 226 g/mol. The smallest absolute Gasteiger partial charge is 0.0847 e. The van der Waals surface area contributed by atoms with E-state index in [4.69, 9.17) is 5.11 Å². The van der Waals surface area contributed by atoms with Gasteiger partial charge in [0.25, 0.3) is 0 Å². The molecule has 4 nitrogen and oxygen atoms in total. The van der Waals surface area contributed by atoms with E-state index in [9.17, 15) is 0 Å². The average molecular weight is 251 g/mol. The molecule has 2 heterocycles. The second-order valence-corrected chi connectivity index (χ2v) is 6.52. The molecule has 1 aliphatic rings. The Kier molecular flexibility index (Phi) is 4.07. The fourth-order valence-corrected chi connectivity index (χ4v) is 2.76. The Balaban J connectivity index is 2.12. The topological polar surface area (TPSA) is 52.1 Å². The molecule has 4 heteroatoms. The number of aromatic nitrogens is 2. The highest BCUT2D eigenvalue weighted by atomic mass is 16.3. The van der Waals surface area contributed by atoms with Gasteiger partial charge in [0.2, 0.25) is 0 Å². The van der Waals surface area contributed by atoms with Crippen LogP contribution in [-0.2, 0) is 6.61 Å². The van der Waals surface area contributed by atoms with Crippen LogP contribution in [0.25, 0.3) is 0 Å². The molecule has 1 unspecified atom stereocenters. The summed E-state index contributed by atoms with van der Waals surface area (Å²) >= 11 is 0. The number of aromatic amines is 1. The number of H-pyrrole nitrogens is 1. The summed E-state index contributed by atoms with van der Waals surface area (Å²) in [6.45, 7) is 9.13. The largest absolute Gasteiger partial charge is 0.390 e. The molecule has 0 aliphatic carbocycles. The van der Waals surface area contributed by atoms with Crippen LogP contribution in [0, 0.1) is 5.41 Å². The minimum Gasteiger partial charge on any atom is -0.390 e. The van der Waals surface area contributed by atoms with Gasteiger partial charge in [0.15, 0.2) is 0 Å². The van der Waals surface area contributed by atoms with Crippen LogP contribution in [0.4, 0.5) is 0 Å². The Morgan fingerprint density at radius 1 is 1.44 bits per heavy atom. The first-order valence-electron chi connectivity index (χ1n) is 6.89. The molecule has 1 atom stereocenters. The van der Waals surface area contributed by atoms with Gasteiger partial charge < -0.3 is 5.11 Å². The highest BCUT2D eigenvalue weighted by molar-refractivity contribution is 5.13. The Labute approximate surface area is 109 Å². The second-order valence-electron chi connectivity index (χ2n) is 6.52. The van der Waals surface area contributed by atoms with Gasteiger partial charge >= 0.3 is 0 Å². The molecule has 1 aliphatic heterocycles. The maximum absolute atomic E-state index is 9.12. The second kappa shape index (κ2) is 5.41. The van der Waals surface area contributed by atoms with E-state index < -0.39 is 0 Å². The Morgan fingerprint density at radius 2 is 2.22 bits per heavy atom. The highest BCUT2D eigenvalue weighted by Crippen LogP contribution is 2.32. The number of nitrogens with zero attached hydrogens (tertiary/aromatic N) is 2. The molecule has 1 aromatic heterocycles. The number of piperidine rings is 1. The zero-order valence-corrected chi connectivity index (χ0v) is 11.7. The van der Waals surface area contributed by atoms with E-state index in [-0.39, 0.29) is 6.61 Å². The van der Waals surface area contributed by atoms with E-state index >= 15 is 0 Å². The first-order chi connectivity index (χ1) is 8.49. The van der Waals surface area contributed by atoms with E-state index in [0.29, 0.717) is 11.5 Å². The van der Waals surface area contributed by atoms with Crippen molar-refractivity contribution in [3.63, 3.8) is 0 Å². The van der Waals surface area contributed by atoms with Crippen LogP contribution in [0.3, 0.4) is 0 Å². The van der Waals surface area contributed by atoms with E-state index in [1.165, 1.54) is 19.3 Å². The molecule has 0 radical (unpaired) electrons. The Hall–Kier alpha value is -0.870. The Bertz CT molecular complexity index is 381. The number of aliphatic hydroxyl groups excluding tert-OH is 1. The van der Waals surface area contributed by atoms with Gasteiger partial charge in [-0.15, -0.1) is 0 Å². The van der Waals surface area contributed by atoms with Crippen molar-refractivity contribution in [2.75, 3.05) is 13.1 Å². The van der Waals surface area contributed by atoms with Crippen molar-refractivity contribution in [3.8, 4) is 0 Å². The van der Waals surface area contributed by atoms with Crippen LogP contribution in [0.5, 0.6) is 0 Å². The number of aliphatic hydroxyl groups is 1. The number of rotatable bonds is 3. The van der Waals surface area contributed by atoms with Crippen molar-refractivity contribution in [1.29, 1.82) is 0 Å². The highest BCUT2D eigenvalue weighted by Gasteiger charge is 2.28. The van der Waals surface area contributed by atoms with Crippen LogP contribution < -0.4 is 0 Å². The lowest BCUT2D eigenvalue weighted by Crippen LogP contribution is -2.39. The molecule has 102 valence electrons. The summed E-state index contributed by atoms with van der Waals surface area (Å²) in [5.41, 5.74) is 2.21. The van der Waals surface area contributed by atoms with Crippen LogP contribution >= 0.6 is 0 Å². The molecular formula is C14H25N3O. The minimum absolute atomic E-state index is 0.0407. The van der Waals surface area contributed by atoms with E-state index in [1.807, 2.05) is 6.07 Å². The maximum atomic E-state index is 9.12. The molecule has 0 spiro atoms. The third-order valence-electron chi connectivity index (χ3n) is 3.45. The van der Waals surface area contributed by atoms with Crippen LogP contribution in [0.1, 0.15) is 57.5 Å². The van der Waals surface area contributed by atoms with Crippen LogP contribution in [-0.4, -0.2) is 33.3 Å². The Morgan fingerprint density at radius 3 is 2.83 bits per heavy atom. The first kappa shape index (κ1) is 13.6. The number of likely N-dealkylation sites (tertiary alicyclic amines) is 1. The molecule has 18 heavy (non-hydrogen) atoms. The summed E-state index contributed by atoms with van der Waals surface area (Å²) in [6, 6.07) is 2.42. The van der Waals surface area contributed by atoms with Crippen LogP contribution in [0.15, 0.2) is 6.07 Å². The molecule has 0 aromatic carbocycles. The molecule has 1 saturated heterocycles. The van der Waals surface area contributed by atoms with Gasteiger partial charge in [-0.2, -0.15) is 5.10 Å². The molecule has 0 amide bonds. The van der Waals surface area contributed by atoms with Gasteiger partial charge in [0, 0.05) is 6.54 Å².